The second kappa shape index (κ2) is 9.48. The van der Waals surface area contributed by atoms with Crippen LogP contribution in [0.4, 0.5) is 10.5 Å². The Bertz CT molecular complexity index is 1560. The van der Waals surface area contributed by atoms with Gasteiger partial charge in [0.25, 0.3) is 5.56 Å². The van der Waals surface area contributed by atoms with Crippen molar-refractivity contribution in [3.05, 3.63) is 52.1 Å². The van der Waals surface area contributed by atoms with Gasteiger partial charge in [0.1, 0.15) is 11.1 Å². The van der Waals surface area contributed by atoms with Crippen LogP contribution in [0.15, 0.2) is 35.4 Å². The van der Waals surface area contributed by atoms with Crippen LogP contribution < -0.4 is 10.5 Å². The van der Waals surface area contributed by atoms with Gasteiger partial charge in [0.2, 0.25) is 0 Å². The number of likely N-dealkylation sites (tertiary alicyclic amines) is 1. The van der Waals surface area contributed by atoms with Crippen molar-refractivity contribution in [2.75, 3.05) is 30.8 Å². The quantitative estimate of drug-likeness (QED) is 0.536. The van der Waals surface area contributed by atoms with E-state index in [2.05, 4.69) is 9.88 Å². The number of carbonyl (C=O) groups is 1. The Morgan fingerprint density at radius 2 is 1.87 bits per heavy atom. The normalized spacial score (nSPS) is 16.4. The molecule has 1 fully saturated rings. The van der Waals surface area contributed by atoms with Crippen LogP contribution in [-0.4, -0.2) is 60.5 Å². The SMILES string of the molecule is Cn1cc2c3c(c[nH]c3c1=O)CN(CC1CCN(C(=O)OC(C)(C)C)CC1)c1ccc(CS(C)(=O)=O)cc1-2. The number of fused-ring (bicyclic) bond motifs is 2. The molecule has 10 heteroatoms. The Morgan fingerprint density at radius 1 is 1.16 bits per heavy atom. The van der Waals surface area contributed by atoms with Crippen molar-refractivity contribution < 1.29 is 17.9 Å². The zero-order valence-electron chi connectivity index (χ0n) is 22.7. The molecule has 0 radical (unpaired) electrons. The summed E-state index contributed by atoms with van der Waals surface area (Å²) in [6, 6.07) is 5.85. The fourth-order valence-electron chi connectivity index (χ4n) is 5.62. The topological polar surface area (TPSA) is 105 Å². The lowest BCUT2D eigenvalue weighted by Crippen LogP contribution is -2.43. The highest BCUT2D eigenvalue weighted by Gasteiger charge is 2.30. The van der Waals surface area contributed by atoms with E-state index in [4.69, 9.17) is 4.74 Å². The summed E-state index contributed by atoms with van der Waals surface area (Å²) in [7, 11) is -1.47. The summed E-state index contributed by atoms with van der Waals surface area (Å²) < 4.78 is 31.3. The molecule has 0 atom stereocenters. The number of rotatable bonds is 4. The number of nitrogens with zero attached hydrogens (tertiary/aromatic N) is 3. The molecule has 4 heterocycles. The van der Waals surface area contributed by atoms with Gasteiger partial charge >= 0.3 is 6.09 Å². The van der Waals surface area contributed by atoms with Crippen LogP contribution in [0.5, 0.6) is 0 Å². The summed E-state index contributed by atoms with van der Waals surface area (Å²) in [5.41, 5.74) is 4.59. The van der Waals surface area contributed by atoms with Crippen molar-refractivity contribution >= 4 is 32.5 Å². The lowest BCUT2D eigenvalue weighted by molar-refractivity contribution is 0.0186. The Labute approximate surface area is 223 Å². The average Bonchev–Trinajstić information content (AvgIpc) is 3.18. The Morgan fingerprint density at radius 3 is 2.53 bits per heavy atom. The minimum atomic E-state index is -3.21. The molecule has 38 heavy (non-hydrogen) atoms. The van der Waals surface area contributed by atoms with E-state index < -0.39 is 15.4 Å². The van der Waals surface area contributed by atoms with Crippen molar-refractivity contribution in [3.8, 4) is 11.1 Å². The maximum atomic E-state index is 12.9. The molecule has 1 amide bonds. The molecule has 0 saturated carbocycles. The van der Waals surface area contributed by atoms with Gasteiger partial charge in [-0.05, 0) is 62.8 Å². The second-order valence-electron chi connectivity index (χ2n) is 11.7. The minimum absolute atomic E-state index is 0.0433. The summed E-state index contributed by atoms with van der Waals surface area (Å²) in [6.45, 7) is 8.35. The average molecular weight is 541 g/mol. The molecule has 2 aromatic heterocycles. The van der Waals surface area contributed by atoms with Gasteiger partial charge in [-0.25, -0.2) is 13.2 Å². The largest absolute Gasteiger partial charge is 0.444 e. The molecule has 5 rings (SSSR count). The first-order chi connectivity index (χ1) is 17.8. The Hall–Kier alpha value is -3.27. The Kier molecular flexibility index (Phi) is 6.57. The number of aromatic amines is 1. The van der Waals surface area contributed by atoms with Crippen molar-refractivity contribution in [1.82, 2.24) is 14.5 Å². The summed E-state index contributed by atoms with van der Waals surface area (Å²) in [4.78, 5) is 32.7. The molecule has 0 bridgehead atoms. The number of carbonyl (C=O) groups excluding carboxylic acids is 1. The molecule has 1 N–H and O–H groups in total. The highest BCUT2D eigenvalue weighted by molar-refractivity contribution is 7.89. The third-order valence-corrected chi connectivity index (χ3v) is 8.17. The number of amides is 1. The van der Waals surface area contributed by atoms with E-state index in [0.717, 1.165) is 52.7 Å². The molecule has 0 spiro atoms. The predicted molar refractivity (Wildman–Crippen MR) is 149 cm³/mol. The zero-order valence-corrected chi connectivity index (χ0v) is 23.5. The van der Waals surface area contributed by atoms with Crippen LogP contribution in [0, 0.1) is 5.92 Å². The molecule has 2 aliphatic rings. The van der Waals surface area contributed by atoms with Crippen molar-refractivity contribution in [2.45, 2.75) is 51.5 Å². The van der Waals surface area contributed by atoms with E-state index in [9.17, 15) is 18.0 Å². The smallest absolute Gasteiger partial charge is 0.410 e. The molecule has 9 nitrogen and oxygen atoms in total. The summed E-state index contributed by atoms with van der Waals surface area (Å²) in [6.07, 6.45) is 6.48. The van der Waals surface area contributed by atoms with Crippen molar-refractivity contribution in [3.63, 3.8) is 0 Å². The number of aromatic nitrogens is 2. The van der Waals surface area contributed by atoms with Gasteiger partial charge in [0.05, 0.1) is 5.75 Å². The molecule has 3 aromatic rings. The molecule has 0 aliphatic carbocycles. The molecule has 204 valence electrons. The zero-order chi connectivity index (χ0) is 27.4. The van der Waals surface area contributed by atoms with Gasteiger partial charge in [0, 0.05) is 74.1 Å². The van der Waals surface area contributed by atoms with Gasteiger partial charge < -0.3 is 24.1 Å². The van der Waals surface area contributed by atoms with Crippen molar-refractivity contribution in [1.29, 1.82) is 0 Å². The van der Waals surface area contributed by atoms with Gasteiger partial charge in [0.15, 0.2) is 9.84 Å². The van der Waals surface area contributed by atoms with E-state index in [-0.39, 0.29) is 17.4 Å². The van der Waals surface area contributed by atoms with Gasteiger partial charge in [-0.1, -0.05) is 6.07 Å². The van der Waals surface area contributed by atoms with Crippen LogP contribution in [0.1, 0.15) is 44.7 Å². The monoisotopic (exact) mass is 540 g/mol. The maximum Gasteiger partial charge on any atom is 0.410 e. The van der Waals surface area contributed by atoms with Gasteiger partial charge in [-0.3, -0.25) is 4.79 Å². The Balaban J connectivity index is 1.47. The maximum absolute atomic E-state index is 12.9. The number of piperidine rings is 1. The fourth-order valence-corrected chi connectivity index (χ4v) is 6.40. The summed E-state index contributed by atoms with van der Waals surface area (Å²) >= 11 is 0. The van der Waals surface area contributed by atoms with Crippen molar-refractivity contribution in [2.24, 2.45) is 13.0 Å². The molecule has 2 aliphatic heterocycles. The highest BCUT2D eigenvalue weighted by atomic mass is 32.2. The molecule has 1 aromatic carbocycles. The van der Waals surface area contributed by atoms with E-state index in [0.29, 0.717) is 31.1 Å². The van der Waals surface area contributed by atoms with Crippen LogP contribution in [0.25, 0.3) is 22.0 Å². The number of aryl methyl sites for hydroxylation is 1. The number of H-pyrrole nitrogens is 1. The van der Waals surface area contributed by atoms with Gasteiger partial charge in [-0.15, -0.1) is 0 Å². The first kappa shape index (κ1) is 26.3. The number of hydrogen-bond acceptors (Lipinski definition) is 6. The number of benzene rings is 1. The summed E-state index contributed by atoms with van der Waals surface area (Å²) in [5.74, 6) is 0.331. The molecule has 0 unspecified atom stereocenters. The van der Waals surface area contributed by atoms with Crippen LogP contribution >= 0.6 is 0 Å². The molecular weight excluding hydrogens is 504 g/mol. The standard InChI is InChI=1S/C28H36N4O5S/c1-28(2,3)37-27(34)31-10-8-18(9-11-31)14-32-15-20-13-29-25-24(20)22(16-30(4)26(25)33)21-12-19(6-7-23(21)32)17-38(5,35)36/h6-7,12-13,16,18,29H,8-11,14-15,17H2,1-5H3. The highest BCUT2D eigenvalue weighted by Crippen LogP contribution is 2.41. The van der Waals surface area contributed by atoms with E-state index in [1.807, 2.05) is 51.4 Å². The number of nitrogens with one attached hydrogen (secondary N) is 1. The lowest BCUT2D eigenvalue weighted by atomic mass is 9.95. The third-order valence-electron chi connectivity index (χ3n) is 7.31. The number of pyridine rings is 1. The van der Waals surface area contributed by atoms with Crippen LogP contribution in [0.3, 0.4) is 0 Å². The van der Waals surface area contributed by atoms with E-state index in [1.165, 1.54) is 6.26 Å². The van der Waals surface area contributed by atoms with E-state index >= 15 is 0 Å². The first-order valence-electron chi connectivity index (χ1n) is 13.0. The lowest BCUT2D eigenvalue weighted by Gasteiger charge is -2.36. The number of sulfone groups is 1. The molecular formula is C28H36N4O5S. The van der Waals surface area contributed by atoms with Crippen LogP contribution in [0.2, 0.25) is 0 Å². The number of ether oxygens (including phenoxy) is 1. The second-order valence-corrected chi connectivity index (χ2v) is 13.9. The first-order valence-corrected chi connectivity index (χ1v) is 15.1. The number of anilines is 1. The fraction of sp³-hybridized carbons (Fsp3) is 0.500. The minimum Gasteiger partial charge on any atom is -0.444 e. The van der Waals surface area contributed by atoms with Gasteiger partial charge in [-0.2, -0.15) is 0 Å². The number of hydrogen-bond donors (Lipinski definition) is 1. The third kappa shape index (κ3) is 5.32. The molecule has 1 saturated heterocycles. The van der Waals surface area contributed by atoms with E-state index in [1.54, 1.807) is 16.5 Å². The van der Waals surface area contributed by atoms with Crippen LogP contribution in [-0.2, 0) is 33.9 Å². The predicted octanol–water partition coefficient (Wildman–Crippen LogP) is 4.05. The summed E-state index contributed by atoms with van der Waals surface area (Å²) in [5, 5.41) is 0.896.